The molecule has 0 bridgehead atoms. The molecule has 1 saturated heterocycles. The molecule has 0 spiro atoms. The van der Waals surface area contributed by atoms with Gasteiger partial charge < -0.3 is 19.9 Å². The van der Waals surface area contributed by atoms with Crippen LogP contribution in [0.1, 0.15) is 17.5 Å². The van der Waals surface area contributed by atoms with Gasteiger partial charge in [0.05, 0.1) is 6.61 Å². The maximum atomic E-state index is 11.7. The van der Waals surface area contributed by atoms with Gasteiger partial charge in [-0.15, -0.1) is 0 Å². The maximum absolute atomic E-state index is 11.7. The average molecular weight is 279 g/mol. The second-order valence-electron chi connectivity index (χ2n) is 5.36. The smallest absolute Gasteiger partial charge is 0.258 e. The minimum atomic E-state index is -0.935. The van der Waals surface area contributed by atoms with Gasteiger partial charge in [-0.2, -0.15) is 0 Å². The molecular formula is C15H21NO4. The van der Waals surface area contributed by atoms with Gasteiger partial charge >= 0.3 is 0 Å². The molecule has 0 aromatic heterocycles. The van der Waals surface area contributed by atoms with Crippen LogP contribution in [0.2, 0.25) is 0 Å². The Morgan fingerprint density at radius 2 is 2.30 bits per heavy atom. The van der Waals surface area contributed by atoms with E-state index in [9.17, 15) is 9.90 Å². The first-order chi connectivity index (χ1) is 9.48. The van der Waals surface area contributed by atoms with Crippen molar-refractivity contribution in [2.24, 2.45) is 0 Å². The molecule has 1 aromatic rings. The van der Waals surface area contributed by atoms with Crippen molar-refractivity contribution >= 4 is 5.91 Å². The molecule has 0 aliphatic carbocycles. The van der Waals surface area contributed by atoms with Gasteiger partial charge in [0, 0.05) is 19.6 Å². The molecule has 20 heavy (non-hydrogen) atoms. The highest BCUT2D eigenvalue weighted by Crippen LogP contribution is 2.19. The van der Waals surface area contributed by atoms with Crippen LogP contribution >= 0.6 is 0 Å². The fraction of sp³-hybridized carbons (Fsp3) is 0.533. The van der Waals surface area contributed by atoms with Crippen molar-refractivity contribution in [3.8, 4) is 5.75 Å². The fourth-order valence-electron chi connectivity index (χ4n) is 2.15. The van der Waals surface area contributed by atoms with Crippen molar-refractivity contribution in [2.75, 3.05) is 26.4 Å². The van der Waals surface area contributed by atoms with Crippen LogP contribution in [0.4, 0.5) is 0 Å². The van der Waals surface area contributed by atoms with Crippen molar-refractivity contribution in [1.82, 2.24) is 5.32 Å². The second kappa shape index (κ2) is 6.24. The van der Waals surface area contributed by atoms with Crippen molar-refractivity contribution in [2.45, 2.75) is 25.9 Å². The number of ether oxygens (including phenoxy) is 2. The number of hydrogen-bond acceptors (Lipinski definition) is 4. The van der Waals surface area contributed by atoms with E-state index in [2.05, 4.69) is 5.32 Å². The Bertz CT molecular complexity index is 481. The molecule has 5 nitrogen and oxygen atoms in total. The van der Waals surface area contributed by atoms with Crippen molar-refractivity contribution in [3.63, 3.8) is 0 Å². The van der Waals surface area contributed by atoms with Crippen LogP contribution in [0, 0.1) is 13.8 Å². The topological polar surface area (TPSA) is 67.8 Å². The van der Waals surface area contributed by atoms with Crippen LogP contribution in [0.5, 0.6) is 5.75 Å². The summed E-state index contributed by atoms with van der Waals surface area (Å²) in [5.74, 6) is 0.457. The number of hydrogen-bond donors (Lipinski definition) is 2. The van der Waals surface area contributed by atoms with Gasteiger partial charge in [0.2, 0.25) is 0 Å². The predicted octanol–water partition coefficient (Wildman–Crippen LogP) is 0.950. The predicted molar refractivity (Wildman–Crippen MR) is 74.8 cm³/mol. The highest BCUT2D eigenvalue weighted by Gasteiger charge is 2.32. The molecule has 2 rings (SSSR count). The molecule has 1 atom stereocenters. The van der Waals surface area contributed by atoms with Gasteiger partial charge in [-0.3, -0.25) is 4.79 Å². The van der Waals surface area contributed by atoms with E-state index in [4.69, 9.17) is 9.47 Å². The summed E-state index contributed by atoms with van der Waals surface area (Å²) in [6, 6.07) is 5.81. The Kier molecular flexibility index (Phi) is 4.62. The first-order valence-corrected chi connectivity index (χ1v) is 6.75. The molecule has 1 aliphatic heterocycles. The van der Waals surface area contributed by atoms with E-state index in [0.717, 1.165) is 11.1 Å². The summed E-state index contributed by atoms with van der Waals surface area (Å²) in [5.41, 5.74) is 1.22. The van der Waals surface area contributed by atoms with Crippen LogP contribution in [0.15, 0.2) is 18.2 Å². The summed E-state index contributed by atoms with van der Waals surface area (Å²) in [6.07, 6.45) is 0.547. The zero-order valence-corrected chi connectivity index (χ0v) is 11.9. The number of aryl methyl sites for hydroxylation is 2. The summed E-state index contributed by atoms with van der Waals surface area (Å²) in [4.78, 5) is 11.7. The number of carbonyl (C=O) groups excluding carboxylic acids is 1. The zero-order chi connectivity index (χ0) is 14.6. The van der Waals surface area contributed by atoms with Gasteiger partial charge in [-0.25, -0.2) is 0 Å². The Morgan fingerprint density at radius 3 is 2.95 bits per heavy atom. The minimum Gasteiger partial charge on any atom is -0.484 e. The SMILES string of the molecule is Cc1ccc(OCC(=O)NCC2(O)CCOC2)c(C)c1. The monoisotopic (exact) mass is 279 g/mol. The Balaban J connectivity index is 1.77. The number of aliphatic hydroxyl groups is 1. The van der Waals surface area contributed by atoms with E-state index in [-0.39, 0.29) is 25.7 Å². The third-order valence-corrected chi connectivity index (χ3v) is 3.39. The second-order valence-corrected chi connectivity index (χ2v) is 5.36. The van der Waals surface area contributed by atoms with E-state index >= 15 is 0 Å². The zero-order valence-electron chi connectivity index (χ0n) is 11.9. The molecule has 5 heteroatoms. The van der Waals surface area contributed by atoms with Gasteiger partial charge in [0.25, 0.3) is 5.91 Å². The summed E-state index contributed by atoms with van der Waals surface area (Å²) in [6.45, 7) is 4.90. The molecule has 1 amide bonds. The van der Waals surface area contributed by atoms with Crippen LogP contribution in [0.3, 0.4) is 0 Å². The fourth-order valence-corrected chi connectivity index (χ4v) is 2.15. The first-order valence-electron chi connectivity index (χ1n) is 6.75. The van der Waals surface area contributed by atoms with Crippen LogP contribution in [0.25, 0.3) is 0 Å². The minimum absolute atomic E-state index is 0.0547. The average Bonchev–Trinajstić information content (AvgIpc) is 2.83. The van der Waals surface area contributed by atoms with Gasteiger partial charge in [-0.1, -0.05) is 17.7 Å². The third-order valence-electron chi connectivity index (χ3n) is 3.39. The lowest BCUT2D eigenvalue weighted by Gasteiger charge is -2.20. The Hall–Kier alpha value is -1.59. The molecular weight excluding hydrogens is 258 g/mol. The number of carbonyl (C=O) groups is 1. The molecule has 2 N–H and O–H groups in total. The lowest BCUT2D eigenvalue weighted by molar-refractivity contribution is -0.124. The highest BCUT2D eigenvalue weighted by atomic mass is 16.5. The van der Waals surface area contributed by atoms with Crippen molar-refractivity contribution in [3.05, 3.63) is 29.3 Å². The van der Waals surface area contributed by atoms with Crippen LogP contribution in [-0.4, -0.2) is 43.0 Å². The number of rotatable bonds is 5. The molecule has 0 saturated carbocycles. The molecule has 1 fully saturated rings. The lowest BCUT2D eigenvalue weighted by Crippen LogP contribution is -2.44. The number of benzene rings is 1. The van der Waals surface area contributed by atoms with E-state index < -0.39 is 5.60 Å². The van der Waals surface area contributed by atoms with Crippen LogP contribution < -0.4 is 10.1 Å². The molecule has 0 radical (unpaired) electrons. The quantitative estimate of drug-likeness (QED) is 0.842. The molecule has 1 heterocycles. The molecule has 110 valence electrons. The molecule has 1 aliphatic rings. The number of nitrogens with one attached hydrogen (secondary N) is 1. The van der Waals surface area contributed by atoms with Crippen molar-refractivity contribution < 1.29 is 19.4 Å². The highest BCUT2D eigenvalue weighted by molar-refractivity contribution is 5.77. The van der Waals surface area contributed by atoms with Crippen molar-refractivity contribution in [1.29, 1.82) is 0 Å². The van der Waals surface area contributed by atoms with Gasteiger partial charge in [0.1, 0.15) is 11.4 Å². The summed E-state index contributed by atoms with van der Waals surface area (Å²) in [5, 5.41) is 12.7. The molecule has 1 aromatic carbocycles. The third kappa shape index (κ3) is 3.95. The Labute approximate surface area is 118 Å². The van der Waals surface area contributed by atoms with Crippen LogP contribution in [-0.2, 0) is 9.53 Å². The number of amides is 1. The largest absolute Gasteiger partial charge is 0.484 e. The standard InChI is InChI=1S/C15H21NO4/c1-11-3-4-13(12(2)7-11)20-8-14(17)16-9-15(18)5-6-19-10-15/h3-4,7,18H,5-6,8-10H2,1-2H3,(H,16,17). The van der Waals surface area contributed by atoms with E-state index in [0.29, 0.717) is 18.8 Å². The molecule has 1 unspecified atom stereocenters. The Morgan fingerprint density at radius 1 is 1.50 bits per heavy atom. The first kappa shape index (κ1) is 14.8. The van der Waals surface area contributed by atoms with E-state index in [1.54, 1.807) is 0 Å². The van der Waals surface area contributed by atoms with E-state index in [1.807, 2.05) is 32.0 Å². The summed E-state index contributed by atoms with van der Waals surface area (Å²) < 4.78 is 10.6. The van der Waals surface area contributed by atoms with Gasteiger partial charge in [0.15, 0.2) is 6.61 Å². The summed E-state index contributed by atoms with van der Waals surface area (Å²) >= 11 is 0. The lowest BCUT2D eigenvalue weighted by atomic mass is 10.0. The summed E-state index contributed by atoms with van der Waals surface area (Å²) in [7, 11) is 0. The normalized spacial score (nSPS) is 21.8. The maximum Gasteiger partial charge on any atom is 0.258 e. The van der Waals surface area contributed by atoms with Gasteiger partial charge in [-0.05, 0) is 25.5 Å². The van der Waals surface area contributed by atoms with E-state index in [1.165, 1.54) is 0 Å².